The molecule has 1 fully saturated rings. The van der Waals surface area contributed by atoms with Crippen LogP contribution in [-0.4, -0.2) is 54.9 Å². The fourth-order valence-corrected chi connectivity index (χ4v) is 3.01. The topological polar surface area (TPSA) is 23.6 Å². The Balaban J connectivity index is 1.97. The normalized spacial score (nSPS) is 22.2. The molecule has 2 atom stereocenters. The van der Waals surface area contributed by atoms with Crippen molar-refractivity contribution in [2.75, 3.05) is 33.2 Å². The molecule has 1 saturated heterocycles. The van der Waals surface area contributed by atoms with Gasteiger partial charge in [0.2, 0.25) is 0 Å². The van der Waals surface area contributed by atoms with Gasteiger partial charge < -0.3 is 4.90 Å². The molecule has 1 aliphatic heterocycles. The van der Waals surface area contributed by atoms with Gasteiger partial charge in [0.05, 0.1) is 5.56 Å². The number of Topliss-reactive ketones (excluding diaryl/α,β-unsaturated/α-hetero) is 1. The Hall–Kier alpha value is -1.26. The number of benzene rings is 1. The Bertz CT molecular complexity index is 491. The molecular weight excluding hydrogens is 267 g/mol. The first-order valence-corrected chi connectivity index (χ1v) is 7.74. The maximum Gasteiger partial charge on any atom is 0.169 e. The molecule has 1 aliphatic rings. The molecule has 0 saturated carbocycles. The third-order valence-electron chi connectivity index (χ3n) is 4.45. The Kier molecular flexibility index (Phi) is 5.48. The molecule has 3 nitrogen and oxygen atoms in total. The second-order valence-electron chi connectivity index (χ2n) is 6.05. The zero-order valence-electron chi connectivity index (χ0n) is 13.2. The predicted molar refractivity (Wildman–Crippen MR) is 83.0 cm³/mol. The molecule has 1 heterocycles. The number of rotatable bonds is 5. The van der Waals surface area contributed by atoms with E-state index in [9.17, 15) is 9.18 Å². The molecule has 1 aromatic rings. The zero-order chi connectivity index (χ0) is 15.4. The Morgan fingerprint density at radius 3 is 2.76 bits per heavy atom. The summed E-state index contributed by atoms with van der Waals surface area (Å²) in [5.41, 5.74) is 0.214. The summed E-state index contributed by atoms with van der Waals surface area (Å²) in [5.74, 6) is -0.693. The van der Waals surface area contributed by atoms with E-state index in [1.165, 1.54) is 6.07 Å². The number of halogens is 1. The van der Waals surface area contributed by atoms with Gasteiger partial charge in [-0.1, -0.05) is 26.0 Å². The highest BCUT2D eigenvalue weighted by atomic mass is 19.1. The van der Waals surface area contributed by atoms with Gasteiger partial charge >= 0.3 is 0 Å². The third kappa shape index (κ3) is 3.89. The molecule has 21 heavy (non-hydrogen) atoms. The van der Waals surface area contributed by atoms with Gasteiger partial charge in [-0.25, -0.2) is 4.39 Å². The average Bonchev–Trinajstić information content (AvgIpc) is 2.49. The van der Waals surface area contributed by atoms with Gasteiger partial charge in [-0.15, -0.1) is 0 Å². The molecule has 0 N–H and O–H groups in total. The summed E-state index contributed by atoms with van der Waals surface area (Å²) in [6.07, 6.45) is 1.11. The van der Waals surface area contributed by atoms with Crippen molar-refractivity contribution < 1.29 is 9.18 Å². The predicted octanol–water partition coefficient (Wildman–Crippen LogP) is 2.67. The van der Waals surface area contributed by atoms with Crippen molar-refractivity contribution in [1.29, 1.82) is 0 Å². The smallest absolute Gasteiger partial charge is 0.169 e. The summed E-state index contributed by atoms with van der Waals surface area (Å²) in [5, 5.41) is 0. The maximum absolute atomic E-state index is 13.7. The number of piperazine rings is 1. The Morgan fingerprint density at radius 2 is 2.10 bits per heavy atom. The van der Waals surface area contributed by atoms with Crippen molar-refractivity contribution in [3.8, 4) is 0 Å². The second-order valence-corrected chi connectivity index (χ2v) is 6.05. The molecule has 0 spiro atoms. The van der Waals surface area contributed by atoms with Crippen LogP contribution in [0.25, 0.3) is 0 Å². The lowest BCUT2D eigenvalue weighted by molar-refractivity contribution is 0.0715. The fraction of sp³-hybridized carbons (Fsp3) is 0.588. The van der Waals surface area contributed by atoms with Gasteiger partial charge in [-0.05, 0) is 25.6 Å². The largest absolute Gasteiger partial charge is 0.301 e. The van der Waals surface area contributed by atoms with Gasteiger partial charge in [-0.3, -0.25) is 9.69 Å². The molecule has 0 amide bonds. The number of carbonyl (C=O) groups is 1. The van der Waals surface area contributed by atoms with E-state index in [-0.39, 0.29) is 17.3 Å². The summed E-state index contributed by atoms with van der Waals surface area (Å²) in [4.78, 5) is 17.1. The van der Waals surface area contributed by atoms with Crippen LogP contribution < -0.4 is 0 Å². The van der Waals surface area contributed by atoms with Crippen LogP contribution in [-0.2, 0) is 0 Å². The van der Waals surface area contributed by atoms with Gasteiger partial charge in [-0.2, -0.15) is 0 Å². The van der Waals surface area contributed by atoms with Crippen LogP contribution >= 0.6 is 0 Å². The minimum Gasteiger partial charge on any atom is -0.301 e. The highest BCUT2D eigenvalue weighted by Gasteiger charge is 2.26. The first-order chi connectivity index (χ1) is 10.0. The molecule has 0 aliphatic carbocycles. The number of hydrogen-bond acceptors (Lipinski definition) is 3. The first-order valence-electron chi connectivity index (χ1n) is 7.74. The maximum atomic E-state index is 13.7. The van der Waals surface area contributed by atoms with E-state index in [2.05, 4.69) is 23.8 Å². The summed E-state index contributed by atoms with van der Waals surface area (Å²) < 4.78 is 13.7. The molecule has 4 heteroatoms. The first kappa shape index (κ1) is 16.1. The molecule has 1 aromatic carbocycles. The van der Waals surface area contributed by atoms with E-state index in [1.54, 1.807) is 18.2 Å². The Morgan fingerprint density at radius 1 is 1.38 bits per heavy atom. The van der Waals surface area contributed by atoms with Crippen LogP contribution in [0.15, 0.2) is 24.3 Å². The standard InChI is InChI=1S/C17H25FN2O/c1-4-14-12-20(10-9-19(14)3)11-13(2)17(21)15-7-5-6-8-16(15)18/h5-8,13-14H,4,9-12H2,1-3H3. The van der Waals surface area contributed by atoms with Crippen molar-refractivity contribution in [2.45, 2.75) is 26.3 Å². The number of nitrogens with zero attached hydrogens (tertiary/aromatic N) is 2. The van der Waals surface area contributed by atoms with Crippen LogP contribution in [0.4, 0.5) is 4.39 Å². The average molecular weight is 292 g/mol. The zero-order valence-corrected chi connectivity index (χ0v) is 13.2. The molecule has 0 radical (unpaired) electrons. The summed E-state index contributed by atoms with van der Waals surface area (Å²) >= 11 is 0. The van der Waals surface area contributed by atoms with Crippen molar-refractivity contribution in [3.63, 3.8) is 0 Å². The lowest BCUT2D eigenvalue weighted by Gasteiger charge is -2.39. The van der Waals surface area contributed by atoms with Crippen molar-refractivity contribution in [2.24, 2.45) is 5.92 Å². The van der Waals surface area contributed by atoms with Crippen molar-refractivity contribution in [3.05, 3.63) is 35.6 Å². The van der Waals surface area contributed by atoms with Crippen LogP contribution in [0.1, 0.15) is 30.6 Å². The number of carbonyl (C=O) groups excluding carboxylic acids is 1. The molecule has 2 rings (SSSR count). The Labute approximate surface area is 126 Å². The minimum atomic E-state index is -0.417. The van der Waals surface area contributed by atoms with Crippen molar-refractivity contribution in [1.82, 2.24) is 9.80 Å². The highest BCUT2D eigenvalue weighted by Crippen LogP contribution is 2.16. The quantitative estimate of drug-likeness (QED) is 0.780. The summed E-state index contributed by atoms with van der Waals surface area (Å²) in [6, 6.07) is 6.81. The van der Waals surface area contributed by atoms with E-state index in [0.717, 1.165) is 26.1 Å². The van der Waals surface area contributed by atoms with E-state index in [0.29, 0.717) is 12.6 Å². The summed E-state index contributed by atoms with van der Waals surface area (Å²) in [7, 11) is 2.15. The van der Waals surface area contributed by atoms with Gasteiger partial charge in [0.25, 0.3) is 0 Å². The minimum absolute atomic E-state index is 0.0972. The molecule has 0 bridgehead atoms. The van der Waals surface area contributed by atoms with Gasteiger partial charge in [0.15, 0.2) is 5.78 Å². The van der Waals surface area contributed by atoms with Crippen LogP contribution in [0.3, 0.4) is 0 Å². The molecular formula is C17H25FN2O. The fourth-order valence-electron chi connectivity index (χ4n) is 3.01. The molecule has 2 unspecified atom stereocenters. The third-order valence-corrected chi connectivity index (χ3v) is 4.45. The monoisotopic (exact) mass is 292 g/mol. The van der Waals surface area contributed by atoms with E-state index < -0.39 is 5.82 Å². The number of hydrogen-bond donors (Lipinski definition) is 0. The van der Waals surface area contributed by atoms with Crippen molar-refractivity contribution >= 4 is 5.78 Å². The molecule has 116 valence electrons. The van der Waals surface area contributed by atoms with Crippen LogP contribution in [0.2, 0.25) is 0 Å². The van der Waals surface area contributed by atoms with E-state index in [1.807, 2.05) is 6.92 Å². The van der Waals surface area contributed by atoms with E-state index >= 15 is 0 Å². The SMILES string of the molecule is CCC1CN(CC(C)C(=O)c2ccccc2F)CCN1C. The lowest BCUT2D eigenvalue weighted by atomic mass is 9.97. The number of ketones is 1. The van der Waals surface area contributed by atoms with Gasteiger partial charge in [0.1, 0.15) is 5.82 Å². The molecule has 0 aromatic heterocycles. The van der Waals surface area contributed by atoms with Crippen LogP contribution in [0, 0.1) is 11.7 Å². The van der Waals surface area contributed by atoms with E-state index in [4.69, 9.17) is 0 Å². The lowest BCUT2D eigenvalue weighted by Crippen LogP contribution is -2.52. The highest BCUT2D eigenvalue weighted by molar-refractivity contribution is 5.98. The number of likely N-dealkylation sites (N-methyl/N-ethyl adjacent to an activating group) is 1. The van der Waals surface area contributed by atoms with Crippen LogP contribution in [0.5, 0.6) is 0 Å². The van der Waals surface area contributed by atoms with Gasteiger partial charge in [0, 0.05) is 38.1 Å². The second kappa shape index (κ2) is 7.14. The summed E-state index contributed by atoms with van der Waals surface area (Å²) in [6.45, 7) is 7.78.